The topological polar surface area (TPSA) is 52.3 Å². The average Bonchev–Trinajstić information content (AvgIpc) is 2.47. The van der Waals surface area contributed by atoms with Gasteiger partial charge in [-0.15, -0.1) is 0 Å². The number of carbonyl (C=O) groups excluding carboxylic acids is 1. The lowest BCUT2D eigenvalue weighted by molar-refractivity contribution is -0.114. The van der Waals surface area contributed by atoms with Crippen molar-refractivity contribution in [1.82, 2.24) is 5.16 Å². The Morgan fingerprint density at radius 1 is 1.53 bits per heavy atom. The van der Waals surface area contributed by atoms with Gasteiger partial charge < -0.3 is 14.1 Å². The molecule has 0 aromatic carbocycles. The van der Waals surface area contributed by atoms with Crippen molar-refractivity contribution >= 4 is 5.78 Å². The SMILES string of the molecule is CC(C)=O.Cc1cc(OCC(C)C)no1. The van der Waals surface area contributed by atoms with Crippen LogP contribution in [0.5, 0.6) is 5.88 Å². The van der Waals surface area contributed by atoms with Crippen LogP contribution in [0.25, 0.3) is 0 Å². The fourth-order valence-electron chi connectivity index (χ4n) is 0.664. The Bertz CT molecular complexity index is 288. The Morgan fingerprint density at radius 3 is 2.40 bits per heavy atom. The minimum Gasteiger partial charge on any atom is -0.475 e. The molecule has 0 aliphatic rings. The molecule has 0 aliphatic carbocycles. The number of carbonyl (C=O) groups is 1. The molecule has 4 nitrogen and oxygen atoms in total. The van der Waals surface area contributed by atoms with Crippen molar-refractivity contribution in [1.29, 1.82) is 0 Å². The molecule has 0 aliphatic heterocycles. The van der Waals surface area contributed by atoms with Gasteiger partial charge in [-0.3, -0.25) is 0 Å². The quantitative estimate of drug-likeness (QED) is 0.774. The van der Waals surface area contributed by atoms with Crippen molar-refractivity contribution in [3.63, 3.8) is 0 Å². The second-order valence-corrected chi connectivity index (χ2v) is 3.89. The molecule has 0 unspecified atom stereocenters. The molecule has 0 N–H and O–H groups in total. The number of ether oxygens (including phenoxy) is 1. The van der Waals surface area contributed by atoms with E-state index in [1.54, 1.807) is 6.07 Å². The smallest absolute Gasteiger partial charge is 0.254 e. The van der Waals surface area contributed by atoms with Gasteiger partial charge >= 0.3 is 0 Å². The Morgan fingerprint density at radius 2 is 2.07 bits per heavy atom. The number of nitrogens with zero attached hydrogens (tertiary/aromatic N) is 1. The number of aryl methyl sites for hydroxylation is 1. The zero-order chi connectivity index (χ0) is 11.8. The third kappa shape index (κ3) is 9.00. The van der Waals surface area contributed by atoms with E-state index >= 15 is 0 Å². The lowest BCUT2D eigenvalue weighted by Gasteiger charge is -2.03. The lowest BCUT2D eigenvalue weighted by atomic mass is 10.2. The standard InChI is InChI=1S/C8H13NO2.C3H6O/c1-6(2)5-10-8-4-7(3)11-9-8;1-3(2)4/h4,6H,5H2,1-3H3;1-2H3. The first kappa shape index (κ1) is 13.7. The summed E-state index contributed by atoms with van der Waals surface area (Å²) >= 11 is 0. The number of Topliss-reactive ketones (excluding diaryl/α,β-unsaturated/α-hetero) is 1. The van der Waals surface area contributed by atoms with E-state index < -0.39 is 0 Å². The summed E-state index contributed by atoms with van der Waals surface area (Å²) in [6.45, 7) is 9.76. The van der Waals surface area contributed by atoms with Crippen LogP contribution in [0.1, 0.15) is 33.5 Å². The molecular formula is C11H19NO3. The Kier molecular flexibility index (Phi) is 6.42. The van der Waals surface area contributed by atoms with E-state index in [0.29, 0.717) is 18.4 Å². The first-order valence-electron chi connectivity index (χ1n) is 4.95. The fraction of sp³-hybridized carbons (Fsp3) is 0.636. The Labute approximate surface area is 90.6 Å². The molecule has 86 valence electrons. The summed E-state index contributed by atoms with van der Waals surface area (Å²) in [6, 6.07) is 1.78. The molecule has 0 atom stereocenters. The van der Waals surface area contributed by atoms with E-state index in [0.717, 1.165) is 5.76 Å². The van der Waals surface area contributed by atoms with Crippen LogP contribution in [-0.4, -0.2) is 17.5 Å². The van der Waals surface area contributed by atoms with Crippen molar-refractivity contribution in [3.8, 4) is 5.88 Å². The van der Waals surface area contributed by atoms with Crippen LogP contribution in [0, 0.1) is 12.8 Å². The Hall–Kier alpha value is -1.32. The number of rotatable bonds is 3. The summed E-state index contributed by atoms with van der Waals surface area (Å²) in [7, 11) is 0. The zero-order valence-electron chi connectivity index (χ0n) is 10.0. The largest absolute Gasteiger partial charge is 0.475 e. The number of ketones is 1. The van der Waals surface area contributed by atoms with E-state index in [-0.39, 0.29) is 5.78 Å². The van der Waals surface area contributed by atoms with Crippen molar-refractivity contribution in [2.24, 2.45) is 5.92 Å². The molecule has 15 heavy (non-hydrogen) atoms. The van der Waals surface area contributed by atoms with Gasteiger partial charge in [-0.2, -0.15) is 0 Å². The maximum atomic E-state index is 9.44. The second-order valence-electron chi connectivity index (χ2n) is 3.89. The van der Waals surface area contributed by atoms with Gasteiger partial charge in [-0.05, 0) is 31.8 Å². The highest BCUT2D eigenvalue weighted by molar-refractivity contribution is 5.72. The van der Waals surface area contributed by atoms with Crippen molar-refractivity contribution in [2.75, 3.05) is 6.61 Å². The van der Waals surface area contributed by atoms with Crippen LogP contribution in [0.4, 0.5) is 0 Å². The molecule has 0 bridgehead atoms. The average molecular weight is 213 g/mol. The van der Waals surface area contributed by atoms with Crippen molar-refractivity contribution in [3.05, 3.63) is 11.8 Å². The molecule has 0 radical (unpaired) electrons. The van der Waals surface area contributed by atoms with E-state index in [1.165, 1.54) is 13.8 Å². The van der Waals surface area contributed by atoms with Crippen molar-refractivity contribution in [2.45, 2.75) is 34.6 Å². The highest BCUT2D eigenvalue weighted by atomic mass is 16.5. The molecule has 0 amide bonds. The predicted molar refractivity (Wildman–Crippen MR) is 57.9 cm³/mol. The van der Waals surface area contributed by atoms with Crippen LogP contribution >= 0.6 is 0 Å². The van der Waals surface area contributed by atoms with Gasteiger partial charge in [0.15, 0.2) is 0 Å². The van der Waals surface area contributed by atoms with Gasteiger partial charge in [0.2, 0.25) is 0 Å². The van der Waals surface area contributed by atoms with Gasteiger partial charge in [0.05, 0.1) is 6.61 Å². The van der Waals surface area contributed by atoms with Crippen LogP contribution in [0.15, 0.2) is 10.6 Å². The van der Waals surface area contributed by atoms with Gasteiger partial charge in [0, 0.05) is 6.07 Å². The number of aromatic nitrogens is 1. The van der Waals surface area contributed by atoms with Gasteiger partial charge in [0.25, 0.3) is 5.88 Å². The summed E-state index contributed by atoms with van der Waals surface area (Å²) in [4.78, 5) is 9.44. The monoisotopic (exact) mass is 213 g/mol. The highest BCUT2D eigenvalue weighted by Crippen LogP contribution is 2.10. The molecule has 1 aromatic rings. The van der Waals surface area contributed by atoms with Crippen LogP contribution < -0.4 is 4.74 Å². The molecule has 0 spiro atoms. The molecule has 1 rings (SSSR count). The van der Waals surface area contributed by atoms with Crippen LogP contribution in [0.3, 0.4) is 0 Å². The van der Waals surface area contributed by atoms with Crippen LogP contribution in [0.2, 0.25) is 0 Å². The third-order valence-electron chi connectivity index (χ3n) is 1.17. The molecule has 0 saturated heterocycles. The third-order valence-corrected chi connectivity index (χ3v) is 1.17. The first-order chi connectivity index (χ1) is 6.91. The Balaban J connectivity index is 0.000000423. The summed E-state index contributed by atoms with van der Waals surface area (Å²) in [5.41, 5.74) is 0. The van der Waals surface area contributed by atoms with Crippen LogP contribution in [-0.2, 0) is 4.79 Å². The molecule has 1 heterocycles. The van der Waals surface area contributed by atoms with Gasteiger partial charge in [-0.1, -0.05) is 13.8 Å². The summed E-state index contributed by atoms with van der Waals surface area (Å²) < 4.78 is 10.1. The predicted octanol–water partition coefficient (Wildman–Crippen LogP) is 2.61. The number of hydrogen-bond donors (Lipinski definition) is 0. The van der Waals surface area contributed by atoms with E-state index in [1.807, 2.05) is 6.92 Å². The minimum absolute atomic E-state index is 0.167. The summed E-state index contributed by atoms with van der Waals surface area (Å²) in [5, 5.41) is 3.69. The molecule has 4 heteroatoms. The summed E-state index contributed by atoms with van der Waals surface area (Å²) in [5.74, 6) is 2.05. The molecular weight excluding hydrogens is 194 g/mol. The zero-order valence-corrected chi connectivity index (χ0v) is 10.0. The lowest BCUT2D eigenvalue weighted by Crippen LogP contribution is -2.04. The van der Waals surface area contributed by atoms with E-state index in [9.17, 15) is 4.79 Å². The van der Waals surface area contributed by atoms with Crippen molar-refractivity contribution < 1.29 is 14.1 Å². The fourth-order valence-corrected chi connectivity index (χ4v) is 0.664. The number of hydrogen-bond acceptors (Lipinski definition) is 4. The maximum Gasteiger partial charge on any atom is 0.254 e. The second kappa shape index (κ2) is 7.04. The van der Waals surface area contributed by atoms with Gasteiger partial charge in [-0.25, -0.2) is 0 Å². The highest BCUT2D eigenvalue weighted by Gasteiger charge is 2.01. The molecule has 0 saturated carbocycles. The molecule has 0 fully saturated rings. The van der Waals surface area contributed by atoms with Gasteiger partial charge in [0.1, 0.15) is 11.5 Å². The normalized spacial score (nSPS) is 9.47. The first-order valence-corrected chi connectivity index (χ1v) is 4.95. The summed E-state index contributed by atoms with van der Waals surface area (Å²) in [6.07, 6.45) is 0. The maximum absolute atomic E-state index is 9.44. The van der Waals surface area contributed by atoms with E-state index in [2.05, 4.69) is 19.0 Å². The minimum atomic E-state index is 0.167. The molecule has 1 aromatic heterocycles. The van der Waals surface area contributed by atoms with E-state index in [4.69, 9.17) is 9.26 Å².